The molecule has 0 saturated carbocycles. The zero-order valence-corrected chi connectivity index (χ0v) is 14.5. The van der Waals surface area contributed by atoms with Crippen LogP contribution in [0.3, 0.4) is 0 Å². The monoisotopic (exact) mass is 393 g/mol. The molecule has 0 saturated heterocycles. The fraction of sp³-hybridized carbons (Fsp3) is 0.467. The van der Waals surface area contributed by atoms with E-state index < -0.39 is 47.6 Å². The number of ether oxygens (including phenoxy) is 1. The van der Waals surface area contributed by atoms with Crippen molar-refractivity contribution in [1.82, 2.24) is 0 Å². The van der Waals surface area contributed by atoms with E-state index in [1.807, 2.05) is 0 Å². The van der Waals surface area contributed by atoms with E-state index in [4.69, 9.17) is 15.6 Å². The van der Waals surface area contributed by atoms with Crippen molar-refractivity contribution in [1.29, 1.82) is 0 Å². The van der Waals surface area contributed by atoms with Gasteiger partial charge in [-0.15, -0.1) is 0 Å². The van der Waals surface area contributed by atoms with E-state index in [0.717, 1.165) is 12.1 Å². The van der Waals surface area contributed by atoms with Gasteiger partial charge >= 0.3 is 11.9 Å². The number of halogens is 3. The van der Waals surface area contributed by atoms with Crippen LogP contribution >= 0.6 is 15.9 Å². The van der Waals surface area contributed by atoms with Gasteiger partial charge < -0.3 is 15.6 Å². The van der Waals surface area contributed by atoms with Crippen molar-refractivity contribution in [2.75, 3.05) is 0 Å². The van der Waals surface area contributed by atoms with Gasteiger partial charge in [-0.3, -0.25) is 9.59 Å². The third-order valence-corrected chi connectivity index (χ3v) is 3.62. The Labute approximate surface area is 140 Å². The Balaban J connectivity index is 3.19. The average Bonchev–Trinajstić information content (AvgIpc) is 2.37. The van der Waals surface area contributed by atoms with Crippen LogP contribution in [-0.4, -0.2) is 22.6 Å². The Morgan fingerprint density at radius 2 is 1.83 bits per heavy atom. The molecule has 0 heterocycles. The summed E-state index contributed by atoms with van der Waals surface area (Å²) in [5, 5.41) is 8.99. The van der Waals surface area contributed by atoms with E-state index in [9.17, 15) is 18.4 Å². The number of nitrogens with two attached hydrogens (primary N) is 1. The second-order valence-corrected chi connectivity index (χ2v) is 6.91. The van der Waals surface area contributed by atoms with Gasteiger partial charge in [-0.25, -0.2) is 8.78 Å². The number of aliphatic carboxylic acids is 1. The number of carboxylic acid groups (broad SMARTS) is 1. The van der Waals surface area contributed by atoms with E-state index in [2.05, 4.69) is 15.9 Å². The molecule has 0 aliphatic heterocycles. The van der Waals surface area contributed by atoms with E-state index in [1.54, 1.807) is 20.8 Å². The summed E-state index contributed by atoms with van der Waals surface area (Å²) in [6, 6.07) is 0.534. The lowest BCUT2D eigenvalue weighted by molar-refractivity contribution is -0.163. The van der Waals surface area contributed by atoms with E-state index >= 15 is 0 Å². The fourth-order valence-electron chi connectivity index (χ4n) is 1.93. The first-order chi connectivity index (χ1) is 10.4. The molecular formula is C15H18BrF2NO4. The van der Waals surface area contributed by atoms with Crippen LogP contribution in [0, 0.1) is 17.6 Å². The van der Waals surface area contributed by atoms with Crippen molar-refractivity contribution in [2.24, 2.45) is 11.7 Å². The zero-order valence-electron chi connectivity index (χ0n) is 12.9. The maximum absolute atomic E-state index is 13.4. The average molecular weight is 394 g/mol. The predicted molar refractivity (Wildman–Crippen MR) is 82.6 cm³/mol. The number of hydrogen-bond donors (Lipinski definition) is 2. The summed E-state index contributed by atoms with van der Waals surface area (Å²) in [6.07, 6.45) is -0.596. The topological polar surface area (TPSA) is 89.6 Å². The predicted octanol–water partition coefficient (Wildman–Crippen LogP) is 3.16. The lowest BCUT2D eigenvalue weighted by atomic mass is 9.90. The molecule has 2 unspecified atom stereocenters. The van der Waals surface area contributed by atoms with Crippen molar-refractivity contribution in [3.05, 3.63) is 33.8 Å². The summed E-state index contributed by atoms with van der Waals surface area (Å²) in [5.41, 5.74) is 5.19. The molecule has 2 atom stereocenters. The van der Waals surface area contributed by atoms with Gasteiger partial charge in [-0.1, -0.05) is 15.9 Å². The van der Waals surface area contributed by atoms with Gasteiger partial charge in [0.2, 0.25) is 0 Å². The lowest BCUT2D eigenvalue weighted by Crippen LogP contribution is -2.36. The van der Waals surface area contributed by atoms with Gasteiger partial charge in [0.15, 0.2) is 11.6 Å². The molecular weight excluding hydrogens is 376 g/mol. The molecule has 5 nitrogen and oxygen atoms in total. The molecule has 0 aliphatic rings. The Morgan fingerprint density at radius 3 is 2.30 bits per heavy atom. The van der Waals surface area contributed by atoms with Crippen LogP contribution in [0.25, 0.3) is 0 Å². The Hall–Kier alpha value is -1.54. The summed E-state index contributed by atoms with van der Waals surface area (Å²) in [6.45, 7) is 4.88. The maximum atomic E-state index is 13.4. The minimum atomic E-state index is -1.25. The molecule has 1 aromatic rings. The zero-order chi connectivity index (χ0) is 17.9. The largest absolute Gasteiger partial charge is 0.481 e. The standard InChI is InChI=1S/C15H18BrF2NO4/c1-15(2,3)23-14(22)8(5-12(20)21)13(19)7-4-10(17)11(18)6-9(7)16/h4,6,8,13H,5,19H2,1-3H3,(H,20,21). The molecule has 0 spiro atoms. The minimum Gasteiger partial charge on any atom is -0.481 e. The second-order valence-electron chi connectivity index (χ2n) is 6.05. The van der Waals surface area contributed by atoms with Gasteiger partial charge in [0.05, 0.1) is 12.3 Å². The van der Waals surface area contributed by atoms with Gasteiger partial charge in [-0.2, -0.15) is 0 Å². The van der Waals surface area contributed by atoms with Crippen molar-refractivity contribution < 1.29 is 28.2 Å². The van der Waals surface area contributed by atoms with E-state index in [1.165, 1.54) is 0 Å². The summed E-state index contributed by atoms with van der Waals surface area (Å²) in [7, 11) is 0. The quantitative estimate of drug-likeness (QED) is 0.592. The molecule has 0 aliphatic carbocycles. The van der Waals surface area contributed by atoms with Crippen LogP contribution in [0.1, 0.15) is 38.8 Å². The van der Waals surface area contributed by atoms with Crippen molar-refractivity contribution in [3.8, 4) is 0 Å². The summed E-state index contributed by atoms with van der Waals surface area (Å²) in [5.74, 6) is -5.54. The number of hydrogen-bond acceptors (Lipinski definition) is 4. The smallest absolute Gasteiger partial charge is 0.311 e. The molecule has 128 valence electrons. The third kappa shape index (κ3) is 5.54. The highest BCUT2D eigenvalue weighted by molar-refractivity contribution is 9.10. The summed E-state index contributed by atoms with van der Waals surface area (Å²) >= 11 is 3.04. The fourth-order valence-corrected chi connectivity index (χ4v) is 2.51. The van der Waals surface area contributed by atoms with Gasteiger partial charge in [-0.05, 0) is 38.5 Å². The molecule has 3 N–H and O–H groups in total. The molecule has 0 amide bonds. The Kier molecular flexibility index (Phi) is 6.24. The molecule has 0 radical (unpaired) electrons. The molecule has 0 aromatic heterocycles. The Bertz CT molecular complexity index is 616. The van der Waals surface area contributed by atoms with Crippen molar-refractivity contribution >= 4 is 27.9 Å². The highest BCUT2D eigenvalue weighted by atomic mass is 79.9. The molecule has 8 heteroatoms. The minimum absolute atomic E-state index is 0.0843. The first kappa shape index (κ1) is 19.5. The van der Waals surface area contributed by atoms with Crippen molar-refractivity contribution in [3.63, 3.8) is 0 Å². The van der Waals surface area contributed by atoms with Crippen LogP contribution in [0.4, 0.5) is 8.78 Å². The van der Waals surface area contributed by atoms with E-state index in [0.29, 0.717) is 0 Å². The van der Waals surface area contributed by atoms with Crippen molar-refractivity contribution in [2.45, 2.75) is 38.8 Å². The Morgan fingerprint density at radius 1 is 1.30 bits per heavy atom. The second kappa shape index (κ2) is 7.35. The van der Waals surface area contributed by atoms with E-state index in [-0.39, 0.29) is 10.0 Å². The molecule has 23 heavy (non-hydrogen) atoms. The van der Waals surface area contributed by atoms with Crippen LogP contribution in [0.2, 0.25) is 0 Å². The SMILES string of the molecule is CC(C)(C)OC(=O)C(CC(=O)O)C(N)c1cc(F)c(F)cc1Br. The van der Waals surface area contributed by atoms with Gasteiger partial charge in [0, 0.05) is 10.5 Å². The number of esters is 1. The maximum Gasteiger partial charge on any atom is 0.311 e. The highest BCUT2D eigenvalue weighted by Gasteiger charge is 2.34. The third-order valence-electron chi connectivity index (χ3n) is 2.94. The number of carbonyl (C=O) groups excluding carboxylic acids is 1. The number of benzene rings is 1. The number of carboxylic acids is 1. The van der Waals surface area contributed by atoms with Gasteiger partial charge in [0.1, 0.15) is 5.60 Å². The first-order valence-corrected chi connectivity index (χ1v) is 7.56. The number of carbonyl (C=O) groups is 2. The normalized spacial score (nSPS) is 14.2. The lowest BCUT2D eigenvalue weighted by Gasteiger charge is -2.27. The molecule has 1 aromatic carbocycles. The van der Waals surface area contributed by atoms with Crippen LogP contribution in [-0.2, 0) is 14.3 Å². The first-order valence-electron chi connectivity index (χ1n) is 6.77. The summed E-state index contributed by atoms with van der Waals surface area (Å²) < 4.78 is 31.9. The molecule has 0 fully saturated rings. The summed E-state index contributed by atoms with van der Waals surface area (Å²) in [4.78, 5) is 23.2. The van der Waals surface area contributed by atoms with Gasteiger partial charge in [0.25, 0.3) is 0 Å². The molecule has 0 bridgehead atoms. The van der Waals surface area contributed by atoms with Crippen LogP contribution in [0.5, 0.6) is 0 Å². The molecule has 1 rings (SSSR count). The van der Waals surface area contributed by atoms with Crippen LogP contribution in [0.15, 0.2) is 16.6 Å². The number of rotatable bonds is 5. The highest BCUT2D eigenvalue weighted by Crippen LogP contribution is 2.32. The van der Waals surface area contributed by atoms with Crippen LogP contribution < -0.4 is 5.73 Å².